The minimum Gasteiger partial charge on any atom is -0.446 e. The van der Waals surface area contributed by atoms with Gasteiger partial charge in [0.05, 0.1) is 18.3 Å². The van der Waals surface area contributed by atoms with E-state index in [2.05, 4.69) is 0 Å². The van der Waals surface area contributed by atoms with Crippen LogP contribution in [0.2, 0.25) is 0 Å². The summed E-state index contributed by atoms with van der Waals surface area (Å²) < 4.78 is 45.7. The van der Waals surface area contributed by atoms with Crippen molar-refractivity contribution in [2.75, 3.05) is 19.3 Å². The van der Waals surface area contributed by atoms with Crippen LogP contribution < -0.4 is 0 Å². The summed E-state index contributed by atoms with van der Waals surface area (Å²) in [4.78, 5) is 29.9. The van der Waals surface area contributed by atoms with Crippen LogP contribution in [-0.4, -0.2) is 90.3 Å². The number of halogens is 1. The fraction of sp³-hybridized carbons (Fsp3) is 0.926. The molecule has 0 aromatic carbocycles. The second-order valence-electron chi connectivity index (χ2n) is 12.5. The van der Waals surface area contributed by atoms with Crippen molar-refractivity contribution in [3.63, 3.8) is 0 Å². The Morgan fingerprint density at radius 2 is 1.49 bits per heavy atom. The first kappa shape index (κ1) is 27.2. The summed E-state index contributed by atoms with van der Waals surface area (Å²) in [5.74, 6) is 1.44. The number of amides is 2. The topological polar surface area (TPSA) is 87.2 Å². The lowest BCUT2D eigenvalue weighted by Gasteiger charge is -2.54. The smallest absolute Gasteiger partial charge is 0.410 e. The van der Waals surface area contributed by atoms with E-state index in [0.29, 0.717) is 56.5 Å². The highest BCUT2D eigenvalue weighted by atomic mass is 32.2. The van der Waals surface area contributed by atoms with E-state index in [9.17, 15) is 22.4 Å². The Kier molecular flexibility index (Phi) is 7.80. The molecule has 7 atom stereocenters. The van der Waals surface area contributed by atoms with Gasteiger partial charge in [0, 0.05) is 32.1 Å². The number of hydrogen-bond donors (Lipinski definition) is 0. The van der Waals surface area contributed by atoms with Crippen LogP contribution in [-0.2, 0) is 19.6 Å². The molecule has 0 aromatic rings. The van der Waals surface area contributed by atoms with E-state index in [1.165, 1.54) is 6.26 Å². The first-order valence-electron chi connectivity index (χ1n) is 14.4. The number of ether oxygens (including phenoxy) is 1. The van der Waals surface area contributed by atoms with Crippen molar-refractivity contribution in [3.8, 4) is 0 Å². The normalized spacial score (nSPS) is 41.1. The number of fused-ring (bicyclic) bond motifs is 2. The van der Waals surface area contributed by atoms with Gasteiger partial charge in [0.2, 0.25) is 15.9 Å². The molecule has 3 aliphatic carbocycles. The summed E-state index contributed by atoms with van der Waals surface area (Å²) in [7, 11) is -3.17. The highest BCUT2D eigenvalue weighted by Crippen LogP contribution is 2.47. The van der Waals surface area contributed by atoms with Crippen LogP contribution in [0.15, 0.2) is 0 Å². The zero-order valence-electron chi connectivity index (χ0n) is 22.6. The summed E-state index contributed by atoms with van der Waals surface area (Å²) in [5, 5.41) is 0. The Hall–Kier alpha value is -1.42. The minimum absolute atomic E-state index is 0.00447. The molecule has 37 heavy (non-hydrogen) atoms. The number of rotatable bonds is 3. The molecule has 8 nitrogen and oxygen atoms in total. The van der Waals surface area contributed by atoms with Gasteiger partial charge in [0.1, 0.15) is 12.3 Å². The van der Waals surface area contributed by atoms with Crippen LogP contribution in [0.5, 0.6) is 0 Å². The van der Waals surface area contributed by atoms with Gasteiger partial charge < -0.3 is 14.5 Å². The molecule has 0 spiro atoms. The van der Waals surface area contributed by atoms with Crippen molar-refractivity contribution in [1.29, 1.82) is 0 Å². The van der Waals surface area contributed by atoms with Gasteiger partial charge in [0.15, 0.2) is 0 Å². The van der Waals surface area contributed by atoms with Gasteiger partial charge in [-0.2, -0.15) is 4.31 Å². The molecule has 0 bridgehead atoms. The van der Waals surface area contributed by atoms with Crippen LogP contribution >= 0.6 is 0 Å². The Labute approximate surface area is 221 Å². The Bertz CT molecular complexity index is 971. The van der Waals surface area contributed by atoms with E-state index in [1.54, 1.807) is 11.2 Å². The molecule has 2 aliphatic heterocycles. The molecular formula is C27H44FN3O5S. The van der Waals surface area contributed by atoms with Crippen LogP contribution in [0.3, 0.4) is 0 Å². The van der Waals surface area contributed by atoms with Gasteiger partial charge in [-0.15, -0.1) is 0 Å². The zero-order valence-corrected chi connectivity index (χ0v) is 23.4. The summed E-state index contributed by atoms with van der Waals surface area (Å²) in [6, 6.07) is -0.00889. The van der Waals surface area contributed by atoms with E-state index < -0.39 is 16.2 Å². The standard InChI is InChI=1S/C27H44FN3O5S/c1-17-16-29(27(33)36-23-8-6-22(28)7-9-23)26-15-20(5-11-25(26)31(17)18(2)32)19-4-10-24-21(14-19)12-13-30(24)37(3,34)35/h17,19-26H,4-16H2,1-3H3/t17-,19?,20?,21?,22?,23?,24?,25?,26?/m0/s1. The second kappa shape index (κ2) is 10.6. The van der Waals surface area contributed by atoms with Crippen molar-refractivity contribution in [2.24, 2.45) is 17.8 Å². The molecule has 0 aromatic heterocycles. The summed E-state index contributed by atoms with van der Waals surface area (Å²) in [5.41, 5.74) is 0. The third-order valence-electron chi connectivity index (χ3n) is 10.2. The lowest BCUT2D eigenvalue weighted by Crippen LogP contribution is -2.67. The van der Waals surface area contributed by atoms with E-state index >= 15 is 0 Å². The minimum atomic E-state index is -3.17. The van der Waals surface area contributed by atoms with Crippen LogP contribution in [0.25, 0.3) is 0 Å². The SMILES string of the molecule is CC(=O)N1C2CCC(C3CCC4C(CCN4S(C)(=O)=O)C3)CC2N(C(=O)OC2CCC(F)CC2)C[C@@H]1C. The molecule has 2 amide bonds. The van der Waals surface area contributed by atoms with Gasteiger partial charge in [-0.25, -0.2) is 17.6 Å². The lowest BCUT2D eigenvalue weighted by molar-refractivity contribution is -0.143. The first-order chi connectivity index (χ1) is 17.5. The number of nitrogens with zero attached hydrogens (tertiary/aromatic N) is 3. The maximum atomic E-state index is 13.6. The largest absolute Gasteiger partial charge is 0.446 e. The monoisotopic (exact) mass is 541 g/mol. The molecule has 5 rings (SSSR count). The average Bonchev–Trinajstić information content (AvgIpc) is 3.28. The van der Waals surface area contributed by atoms with Gasteiger partial charge in [-0.05, 0) is 95.3 Å². The lowest BCUT2D eigenvalue weighted by atomic mass is 9.66. The molecule has 0 N–H and O–H groups in total. The predicted octanol–water partition coefficient (Wildman–Crippen LogP) is 3.94. The van der Waals surface area contributed by atoms with Crippen molar-refractivity contribution in [2.45, 2.75) is 121 Å². The molecule has 0 radical (unpaired) electrons. The first-order valence-corrected chi connectivity index (χ1v) is 16.2. The molecule has 2 saturated heterocycles. The molecule has 2 heterocycles. The van der Waals surface area contributed by atoms with E-state index in [-0.39, 0.29) is 42.3 Å². The van der Waals surface area contributed by atoms with Gasteiger partial charge in [-0.3, -0.25) is 4.79 Å². The summed E-state index contributed by atoms with van der Waals surface area (Å²) in [6.07, 6.45) is 8.68. The molecule has 6 unspecified atom stereocenters. The molecule has 5 fully saturated rings. The Balaban J connectivity index is 1.28. The van der Waals surface area contributed by atoms with Crippen molar-refractivity contribution in [3.05, 3.63) is 0 Å². The number of carbonyl (C=O) groups is 2. The average molecular weight is 542 g/mol. The van der Waals surface area contributed by atoms with Crippen molar-refractivity contribution in [1.82, 2.24) is 14.1 Å². The third-order valence-corrected chi connectivity index (χ3v) is 11.5. The highest BCUT2D eigenvalue weighted by Gasteiger charge is 2.50. The molecule has 210 valence electrons. The second-order valence-corrected chi connectivity index (χ2v) is 14.4. The Morgan fingerprint density at radius 1 is 0.838 bits per heavy atom. The Morgan fingerprint density at radius 3 is 2.14 bits per heavy atom. The molecular weight excluding hydrogens is 497 g/mol. The van der Waals surface area contributed by atoms with E-state index in [4.69, 9.17) is 4.74 Å². The van der Waals surface area contributed by atoms with Gasteiger partial charge in [-0.1, -0.05) is 0 Å². The predicted molar refractivity (Wildman–Crippen MR) is 138 cm³/mol. The molecule has 10 heteroatoms. The van der Waals surface area contributed by atoms with E-state index in [0.717, 1.165) is 44.9 Å². The number of carbonyl (C=O) groups excluding carboxylic acids is 2. The van der Waals surface area contributed by atoms with Crippen LogP contribution in [0.1, 0.15) is 84.5 Å². The maximum Gasteiger partial charge on any atom is 0.410 e. The molecule has 3 saturated carbocycles. The van der Waals surface area contributed by atoms with Gasteiger partial charge in [0.25, 0.3) is 0 Å². The third kappa shape index (κ3) is 5.52. The van der Waals surface area contributed by atoms with Crippen LogP contribution in [0, 0.1) is 17.8 Å². The summed E-state index contributed by atoms with van der Waals surface area (Å²) in [6.45, 7) is 4.72. The van der Waals surface area contributed by atoms with E-state index in [1.807, 2.05) is 16.7 Å². The fourth-order valence-electron chi connectivity index (χ4n) is 8.46. The number of sulfonamides is 1. The number of piperazine rings is 1. The quantitative estimate of drug-likeness (QED) is 0.540. The van der Waals surface area contributed by atoms with Crippen molar-refractivity contribution >= 4 is 22.0 Å². The molecule has 5 aliphatic rings. The number of hydrogen-bond acceptors (Lipinski definition) is 5. The van der Waals surface area contributed by atoms with Gasteiger partial charge >= 0.3 is 6.09 Å². The summed E-state index contributed by atoms with van der Waals surface area (Å²) >= 11 is 0. The van der Waals surface area contributed by atoms with Crippen LogP contribution in [0.4, 0.5) is 9.18 Å². The zero-order chi connectivity index (χ0) is 26.5. The fourth-order valence-corrected chi connectivity index (χ4v) is 9.67. The van der Waals surface area contributed by atoms with Crippen molar-refractivity contribution < 1.29 is 27.1 Å². The maximum absolute atomic E-state index is 13.6. The highest BCUT2D eigenvalue weighted by molar-refractivity contribution is 7.88. The number of alkyl halides is 1.